The van der Waals surface area contributed by atoms with Crippen LogP contribution in [0.1, 0.15) is 13.8 Å². The predicted molar refractivity (Wildman–Crippen MR) is 47.9 cm³/mol. The molecule has 0 fully saturated rings. The van der Waals surface area contributed by atoms with Crippen LogP contribution < -0.4 is 5.73 Å². The Labute approximate surface area is 72.1 Å². The number of hydrogen-bond acceptors (Lipinski definition) is 4. The first-order valence-electron chi connectivity index (χ1n) is 3.69. The van der Waals surface area contributed by atoms with Gasteiger partial charge >= 0.3 is 5.97 Å². The predicted octanol–water partition coefficient (Wildman–Crippen LogP) is 0.483. The molecule has 12 heavy (non-hydrogen) atoms. The lowest BCUT2D eigenvalue weighted by Crippen LogP contribution is -2.15. The molecule has 0 radical (unpaired) electrons. The summed E-state index contributed by atoms with van der Waals surface area (Å²) in [6, 6.07) is 0. The zero-order valence-corrected chi connectivity index (χ0v) is 7.63. The van der Waals surface area contributed by atoms with Crippen molar-refractivity contribution in [3.05, 3.63) is 11.8 Å². The molecule has 0 amide bonds. The Hall–Kier alpha value is -1.32. The summed E-state index contributed by atoms with van der Waals surface area (Å²) in [5.74, 6) is -0.500. The van der Waals surface area contributed by atoms with Crippen LogP contribution in [0, 0.1) is 0 Å². The zero-order chi connectivity index (χ0) is 9.56. The lowest BCUT2D eigenvalue weighted by atomic mass is 10.3. The first-order valence-corrected chi connectivity index (χ1v) is 3.69. The molecule has 0 aliphatic carbocycles. The molecule has 0 aromatic carbocycles. The number of nitrogens with two attached hydrogens (primary N) is 1. The van der Waals surface area contributed by atoms with E-state index in [0.29, 0.717) is 12.3 Å². The van der Waals surface area contributed by atoms with E-state index in [1.807, 2.05) is 0 Å². The molecule has 0 atom stereocenters. The first kappa shape index (κ1) is 10.7. The number of hydrogen-bond donors (Lipinski definition) is 1. The van der Waals surface area contributed by atoms with E-state index in [2.05, 4.69) is 9.73 Å². The third kappa shape index (κ3) is 3.75. The van der Waals surface area contributed by atoms with Crippen LogP contribution in [-0.2, 0) is 9.53 Å². The van der Waals surface area contributed by atoms with Crippen molar-refractivity contribution in [1.29, 1.82) is 0 Å². The number of aliphatic imine (C=N–C) groups is 1. The first-order chi connectivity index (χ1) is 5.61. The van der Waals surface area contributed by atoms with Crippen molar-refractivity contribution in [2.24, 2.45) is 10.7 Å². The van der Waals surface area contributed by atoms with Gasteiger partial charge in [0.15, 0.2) is 0 Å². The smallest absolute Gasteiger partial charge is 0.354 e. The molecular formula is C8H14N2O2. The van der Waals surface area contributed by atoms with Gasteiger partial charge in [0.25, 0.3) is 0 Å². The van der Waals surface area contributed by atoms with Gasteiger partial charge in [0.2, 0.25) is 0 Å². The second kappa shape index (κ2) is 5.35. The molecule has 68 valence electrons. The molecule has 0 spiro atoms. The maximum absolute atomic E-state index is 10.9. The third-order valence-electron chi connectivity index (χ3n) is 1.23. The summed E-state index contributed by atoms with van der Waals surface area (Å²) in [6.45, 7) is 3.81. The number of rotatable bonds is 3. The minimum absolute atomic E-state index is 0.0833. The summed E-state index contributed by atoms with van der Waals surface area (Å²) in [7, 11) is 1.63. The highest BCUT2D eigenvalue weighted by Crippen LogP contribution is 1.91. The molecule has 0 bridgehead atoms. The van der Waals surface area contributed by atoms with Crippen LogP contribution in [0.3, 0.4) is 0 Å². The van der Waals surface area contributed by atoms with Crippen LogP contribution >= 0.6 is 0 Å². The van der Waals surface area contributed by atoms with Crippen molar-refractivity contribution in [2.75, 3.05) is 13.7 Å². The molecule has 4 nitrogen and oxygen atoms in total. The fraction of sp³-hybridized carbons (Fsp3) is 0.500. The van der Waals surface area contributed by atoms with E-state index in [0.717, 1.165) is 0 Å². The Bertz CT molecular complexity index is 219. The third-order valence-corrected chi connectivity index (χ3v) is 1.23. The standard InChI is InChI=1S/C8H14N2O2/c1-4-12-8(11)7(9)5-6(2)10-3/h5H,4,9H2,1-3H3/b7-5-,10-6?. The summed E-state index contributed by atoms with van der Waals surface area (Å²) in [6.07, 6.45) is 1.48. The van der Waals surface area contributed by atoms with E-state index in [1.54, 1.807) is 20.9 Å². The second-order valence-corrected chi connectivity index (χ2v) is 2.19. The Balaban J connectivity index is 4.27. The van der Waals surface area contributed by atoms with E-state index >= 15 is 0 Å². The Morgan fingerprint density at radius 2 is 2.25 bits per heavy atom. The Kier molecular flexibility index (Phi) is 4.76. The molecule has 0 aromatic heterocycles. The van der Waals surface area contributed by atoms with Gasteiger partial charge < -0.3 is 10.5 Å². The number of esters is 1. The van der Waals surface area contributed by atoms with Crippen LogP contribution in [0.15, 0.2) is 16.8 Å². The van der Waals surface area contributed by atoms with E-state index in [9.17, 15) is 4.79 Å². The number of nitrogens with zero attached hydrogens (tertiary/aromatic N) is 1. The largest absolute Gasteiger partial charge is 0.461 e. The summed E-state index contributed by atoms with van der Waals surface area (Å²) < 4.78 is 4.66. The van der Waals surface area contributed by atoms with Crippen molar-refractivity contribution in [2.45, 2.75) is 13.8 Å². The fourth-order valence-electron chi connectivity index (χ4n) is 0.563. The second-order valence-electron chi connectivity index (χ2n) is 2.19. The van der Waals surface area contributed by atoms with Crippen LogP contribution in [0.4, 0.5) is 0 Å². The average molecular weight is 170 g/mol. The summed E-state index contributed by atoms with van der Waals surface area (Å²) in [5.41, 5.74) is 6.16. The van der Waals surface area contributed by atoms with Crippen LogP contribution in [0.25, 0.3) is 0 Å². The molecule has 0 aliphatic heterocycles. The normalized spacial score (nSPS) is 12.9. The maximum atomic E-state index is 10.9. The van der Waals surface area contributed by atoms with E-state index in [-0.39, 0.29) is 5.70 Å². The van der Waals surface area contributed by atoms with Gasteiger partial charge in [-0.15, -0.1) is 0 Å². The summed E-state index contributed by atoms with van der Waals surface area (Å²) >= 11 is 0. The molecule has 4 heteroatoms. The molecule has 0 saturated heterocycles. The van der Waals surface area contributed by atoms with E-state index in [4.69, 9.17) is 5.73 Å². The van der Waals surface area contributed by atoms with Gasteiger partial charge in [0, 0.05) is 12.8 Å². The number of carbonyl (C=O) groups is 1. The topological polar surface area (TPSA) is 64.7 Å². The van der Waals surface area contributed by atoms with Crippen LogP contribution in [0.5, 0.6) is 0 Å². The maximum Gasteiger partial charge on any atom is 0.354 e. The van der Waals surface area contributed by atoms with Crippen molar-refractivity contribution in [3.63, 3.8) is 0 Å². The lowest BCUT2D eigenvalue weighted by Gasteiger charge is -2.00. The Morgan fingerprint density at radius 3 is 2.67 bits per heavy atom. The van der Waals surface area contributed by atoms with Crippen LogP contribution in [-0.4, -0.2) is 25.3 Å². The summed E-state index contributed by atoms with van der Waals surface area (Å²) in [4.78, 5) is 14.7. The van der Waals surface area contributed by atoms with Gasteiger partial charge in [-0.1, -0.05) is 0 Å². The minimum Gasteiger partial charge on any atom is -0.461 e. The highest BCUT2D eigenvalue weighted by Gasteiger charge is 2.04. The zero-order valence-electron chi connectivity index (χ0n) is 7.63. The number of carbonyl (C=O) groups excluding carboxylic acids is 1. The van der Waals surface area contributed by atoms with Gasteiger partial charge in [0.1, 0.15) is 5.70 Å². The van der Waals surface area contributed by atoms with Gasteiger partial charge in [0.05, 0.1) is 6.61 Å². The average Bonchev–Trinajstić information content (AvgIpc) is 2.04. The Morgan fingerprint density at radius 1 is 1.67 bits per heavy atom. The lowest BCUT2D eigenvalue weighted by molar-refractivity contribution is -0.138. The fourth-order valence-corrected chi connectivity index (χ4v) is 0.563. The van der Waals surface area contributed by atoms with Crippen molar-refractivity contribution in [1.82, 2.24) is 0 Å². The number of ether oxygens (including phenoxy) is 1. The molecule has 0 heterocycles. The minimum atomic E-state index is -0.500. The number of allylic oxidation sites excluding steroid dienone is 1. The molecule has 0 aromatic rings. The molecule has 0 rings (SSSR count). The van der Waals surface area contributed by atoms with Gasteiger partial charge in [-0.25, -0.2) is 4.79 Å². The van der Waals surface area contributed by atoms with Crippen molar-refractivity contribution in [3.8, 4) is 0 Å². The quantitative estimate of drug-likeness (QED) is 0.380. The monoisotopic (exact) mass is 170 g/mol. The molecule has 0 unspecified atom stereocenters. The highest BCUT2D eigenvalue weighted by atomic mass is 16.5. The van der Waals surface area contributed by atoms with E-state index in [1.165, 1.54) is 6.08 Å². The van der Waals surface area contributed by atoms with Crippen LogP contribution in [0.2, 0.25) is 0 Å². The molecule has 0 saturated carbocycles. The van der Waals surface area contributed by atoms with Crippen molar-refractivity contribution >= 4 is 11.7 Å². The highest BCUT2D eigenvalue weighted by molar-refractivity contribution is 6.00. The SMILES string of the molecule is CCOC(=O)/C(N)=C/C(C)=NC. The van der Waals surface area contributed by atoms with Gasteiger partial charge in [-0.2, -0.15) is 0 Å². The van der Waals surface area contributed by atoms with Gasteiger partial charge in [-0.05, 0) is 19.9 Å². The molecular weight excluding hydrogens is 156 g/mol. The molecule has 0 aliphatic rings. The van der Waals surface area contributed by atoms with Crippen molar-refractivity contribution < 1.29 is 9.53 Å². The molecule has 2 N–H and O–H groups in total. The van der Waals surface area contributed by atoms with E-state index < -0.39 is 5.97 Å². The van der Waals surface area contributed by atoms with Gasteiger partial charge in [-0.3, -0.25) is 4.99 Å². The summed E-state index contributed by atoms with van der Waals surface area (Å²) in [5, 5.41) is 0.